The molecule has 2 aromatic rings. The Hall–Kier alpha value is -3.29. The van der Waals surface area contributed by atoms with E-state index in [9.17, 15) is 9.90 Å². The number of aromatic hydroxyl groups is 1. The summed E-state index contributed by atoms with van der Waals surface area (Å²) >= 11 is 0. The second-order valence-corrected chi connectivity index (χ2v) is 7.18. The van der Waals surface area contributed by atoms with Crippen LogP contribution in [0.4, 0.5) is 4.79 Å². The van der Waals surface area contributed by atoms with Gasteiger partial charge in [-0.2, -0.15) is 0 Å². The van der Waals surface area contributed by atoms with Crippen molar-refractivity contribution in [2.24, 2.45) is 0 Å². The van der Waals surface area contributed by atoms with Gasteiger partial charge in [-0.1, -0.05) is 0 Å². The molecule has 29 heavy (non-hydrogen) atoms. The van der Waals surface area contributed by atoms with Gasteiger partial charge in [-0.3, -0.25) is 0 Å². The fourth-order valence-corrected chi connectivity index (χ4v) is 4.74. The number of hydrogen-bond donors (Lipinski definition) is 1. The van der Waals surface area contributed by atoms with E-state index in [1.165, 1.54) is 14.2 Å². The molecule has 8 nitrogen and oxygen atoms in total. The summed E-state index contributed by atoms with van der Waals surface area (Å²) in [5, 5.41) is 11.2. The van der Waals surface area contributed by atoms with E-state index in [1.807, 2.05) is 12.1 Å². The number of hydrogen-bond acceptors (Lipinski definition) is 7. The Morgan fingerprint density at radius 2 is 1.86 bits per heavy atom. The van der Waals surface area contributed by atoms with Crippen LogP contribution >= 0.6 is 0 Å². The molecular formula is C21H21NO7. The van der Waals surface area contributed by atoms with Crippen LogP contribution in [0.1, 0.15) is 22.7 Å². The van der Waals surface area contributed by atoms with E-state index in [2.05, 4.69) is 0 Å². The lowest BCUT2D eigenvalue weighted by molar-refractivity contribution is 0.0997. The van der Waals surface area contributed by atoms with E-state index in [4.69, 9.17) is 23.7 Å². The molecule has 0 bridgehead atoms. The van der Waals surface area contributed by atoms with Gasteiger partial charge in [0.1, 0.15) is 0 Å². The maximum Gasteiger partial charge on any atom is 0.410 e. The molecule has 0 fully saturated rings. The second-order valence-electron chi connectivity index (χ2n) is 7.18. The van der Waals surface area contributed by atoms with Gasteiger partial charge in [0.25, 0.3) is 0 Å². The van der Waals surface area contributed by atoms with Crippen molar-refractivity contribution >= 4 is 6.09 Å². The fourth-order valence-electron chi connectivity index (χ4n) is 4.74. The van der Waals surface area contributed by atoms with Crippen LogP contribution in [0.25, 0.3) is 11.1 Å². The van der Waals surface area contributed by atoms with Gasteiger partial charge in [-0.05, 0) is 41.7 Å². The summed E-state index contributed by atoms with van der Waals surface area (Å²) < 4.78 is 27.2. The van der Waals surface area contributed by atoms with Crippen LogP contribution in [-0.4, -0.2) is 50.8 Å². The molecule has 2 heterocycles. The van der Waals surface area contributed by atoms with Crippen molar-refractivity contribution in [3.05, 3.63) is 28.8 Å². The van der Waals surface area contributed by atoms with Gasteiger partial charge in [0.15, 0.2) is 23.0 Å². The molecule has 0 spiro atoms. The van der Waals surface area contributed by atoms with Crippen LogP contribution in [0.5, 0.6) is 28.7 Å². The Bertz CT molecular complexity index is 1030. The number of methoxy groups -OCH3 is 3. The molecule has 2 aliphatic heterocycles. The first-order chi connectivity index (χ1) is 14.1. The number of phenols is 1. The van der Waals surface area contributed by atoms with Crippen molar-refractivity contribution in [2.75, 3.05) is 34.7 Å². The number of benzene rings is 2. The van der Waals surface area contributed by atoms with Gasteiger partial charge < -0.3 is 33.7 Å². The van der Waals surface area contributed by atoms with Crippen LogP contribution < -0.4 is 18.9 Å². The summed E-state index contributed by atoms with van der Waals surface area (Å²) in [6, 6.07) is 3.51. The second kappa shape index (κ2) is 6.37. The monoisotopic (exact) mass is 399 g/mol. The lowest BCUT2D eigenvalue weighted by Gasteiger charge is -2.41. The molecule has 0 saturated heterocycles. The highest BCUT2D eigenvalue weighted by atomic mass is 16.7. The SMILES string of the molecule is COC(=O)N1CCc2c(OC)c(OC)c(O)c3c2[C@@H]1Cc1cc2c(cc1-3)OCO2. The van der Waals surface area contributed by atoms with Crippen LogP contribution in [-0.2, 0) is 17.6 Å². The summed E-state index contributed by atoms with van der Waals surface area (Å²) in [6.45, 7) is 0.639. The number of nitrogens with zero attached hydrogens (tertiary/aromatic N) is 1. The summed E-state index contributed by atoms with van der Waals surface area (Å²) in [5.41, 5.74) is 4.23. The van der Waals surface area contributed by atoms with E-state index in [-0.39, 0.29) is 24.3 Å². The maximum atomic E-state index is 12.5. The first kappa shape index (κ1) is 17.8. The number of carbonyl (C=O) groups is 1. The number of phenolic OH excluding ortho intramolecular Hbond substituents is 1. The fraction of sp³-hybridized carbons (Fsp3) is 0.381. The quantitative estimate of drug-likeness (QED) is 0.831. The van der Waals surface area contributed by atoms with Crippen molar-refractivity contribution in [1.82, 2.24) is 4.90 Å². The number of carbonyl (C=O) groups excluding carboxylic acids is 1. The molecule has 1 amide bonds. The molecule has 0 saturated carbocycles. The molecular weight excluding hydrogens is 378 g/mol. The Kier molecular flexibility index (Phi) is 3.90. The topological polar surface area (TPSA) is 86.7 Å². The number of ether oxygens (including phenoxy) is 5. The lowest BCUT2D eigenvalue weighted by atomic mass is 9.76. The Morgan fingerprint density at radius 1 is 1.14 bits per heavy atom. The van der Waals surface area contributed by atoms with E-state index in [1.54, 1.807) is 12.0 Å². The van der Waals surface area contributed by atoms with Gasteiger partial charge >= 0.3 is 6.09 Å². The highest BCUT2D eigenvalue weighted by Crippen LogP contribution is 2.57. The van der Waals surface area contributed by atoms with Crippen molar-refractivity contribution in [1.29, 1.82) is 0 Å². The molecule has 3 aliphatic rings. The van der Waals surface area contributed by atoms with Gasteiger partial charge in [0, 0.05) is 17.7 Å². The maximum absolute atomic E-state index is 12.5. The third-order valence-electron chi connectivity index (χ3n) is 5.94. The predicted octanol–water partition coefficient (Wildman–Crippen LogP) is 3.03. The van der Waals surface area contributed by atoms with E-state index >= 15 is 0 Å². The van der Waals surface area contributed by atoms with Gasteiger partial charge in [0.2, 0.25) is 12.5 Å². The molecule has 1 aliphatic carbocycles. The van der Waals surface area contributed by atoms with E-state index in [0.29, 0.717) is 42.2 Å². The normalized spacial score (nSPS) is 18.0. The molecule has 1 atom stereocenters. The van der Waals surface area contributed by atoms with Gasteiger partial charge in [-0.25, -0.2) is 4.79 Å². The molecule has 152 valence electrons. The largest absolute Gasteiger partial charge is 0.504 e. The zero-order valence-electron chi connectivity index (χ0n) is 16.4. The standard InChI is InChI=1S/C21H21NO7/c1-25-19-11-4-5-22(21(24)27-3)13-6-10-7-14-15(29-9-28-14)8-12(10)17(16(11)13)18(23)20(19)26-2/h7-8,13,23H,4-6,9H2,1-3H3/t13-/m0/s1. The average molecular weight is 399 g/mol. The van der Waals surface area contributed by atoms with Crippen LogP contribution in [0.3, 0.4) is 0 Å². The molecule has 8 heteroatoms. The zero-order chi connectivity index (χ0) is 20.3. The number of fused-ring (bicyclic) bond motifs is 3. The first-order valence-electron chi connectivity index (χ1n) is 9.36. The highest BCUT2D eigenvalue weighted by Gasteiger charge is 2.42. The number of amides is 1. The highest BCUT2D eigenvalue weighted by molar-refractivity contribution is 5.88. The average Bonchev–Trinajstić information content (AvgIpc) is 3.19. The van der Waals surface area contributed by atoms with Gasteiger partial charge in [0.05, 0.1) is 27.4 Å². The molecule has 0 unspecified atom stereocenters. The Morgan fingerprint density at radius 3 is 2.55 bits per heavy atom. The first-order valence-corrected chi connectivity index (χ1v) is 9.36. The molecule has 1 N–H and O–H groups in total. The summed E-state index contributed by atoms with van der Waals surface area (Å²) in [6.07, 6.45) is 0.731. The third-order valence-corrected chi connectivity index (χ3v) is 5.94. The lowest BCUT2D eigenvalue weighted by Crippen LogP contribution is -2.42. The van der Waals surface area contributed by atoms with Crippen LogP contribution in [0, 0.1) is 0 Å². The molecule has 0 radical (unpaired) electrons. The minimum absolute atomic E-state index is 0.0142. The van der Waals surface area contributed by atoms with Crippen molar-refractivity contribution < 1.29 is 33.6 Å². The smallest absolute Gasteiger partial charge is 0.410 e. The molecule has 2 aromatic carbocycles. The van der Waals surface area contributed by atoms with Crippen molar-refractivity contribution in [3.63, 3.8) is 0 Å². The van der Waals surface area contributed by atoms with Crippen LogP contribution in [0.15, 0.2) is 12.1 Å². The zero-order valence-corrected chi connectivity index (χ0v) is 16.4. The summed E-state index contributed by atoms with van der Waals surface area (Å²) in [7, 11) is 4.43. The number of rotatable bonds is 2. The van der Waals surface area contributed by atoms with Crippen molar-refractivity contribution in [3.8, 4) is 39.9 Å². The van der Waals surface area contributed by atoms with Gasteiger partial charge in [-0.15, -0.1) is 0 Å². The Labute approximate surface area is 167 Å². The Balaban J connectivity index is 1.83. The summed E-state index contributed by atoms with van der Waals surface area (Å²) in [5.74, 6) is 2.07. The van der Waals surface area contributed by atoms with E-state index < -0.39 is 6.09 Å². The van der Waals surface area contributed by atoms with Crippen LogP contribution in [0.2, 0.25) is 0 Å². The minimum atomic E-state index is -0.398. The summed E-state index contributed by atoms with van der Waals surface area (Å²) in [4.78, 5) is 14.2. The van der Waals surface area contributed by atoms with E-state index in [0.717, 1.165) is 22.3 Å². The molecule has 0 aromatic heterocycles. The third kappa shape index (κ3) is 2.35. The molecule has 5 rings (SSSR count). The minimum Gasteiger partial charge on any atom is -0.504 e. The predicted molar refractivity (Wildman–Crippen MR) is 102 cm³/mol. The van der Waals surface area contributed by atoms with Crippen molar-refractivity contribution in [2.45, 2.75) is 18.9 Å².